The average Bonchev–Trinajstić information content (AvgIpc) is 1.99. The molecule has 0 saturated carbocycles. The van der Waals surface area contributed by atoms with Gasteiger partial charge in [0.15, 0.2) is 0 Å². The van der Waals surface area contributed by atoms with Gasteiger partial charge in [0.25, 0.3) is 0 Å². The Labute approximate surface area is 87.2 Å². The lowest BCUT2D eigenvalue weighted by Gasteiger charge is -2.13. The third kappa shape index (κ3) is 3.24. The van der Waals surface area contributed by atoms with Crippen molar-refractivity contribution in [3.63, 3.8) is 0 Å². The van der Waals surface area contributed by atoms with Crippen LogP contribution in [0.5, 0.6) is 0 Å². The van der Waals surface area contributed by atoms with Gasteiger partial charge in [-0.1, -0.05) is 6.07 Å². The first-order valence-electron chi connectivity index (χ1n) is 4.22. The number of nitrogens with one attached hydrogen (secondary N) is 1. The molecule has 0 radical (unpaired) electrons. The molecule has 3 nitrogen and oxygen atoms in total. The van der Waals surface area contributed by atoms with Gasteiger partial charge in [0, 0.05) is 11.6 Å². The normalized spacial score (nSPS) is 13.9. The predicted octanol–water partition coefficient (Wildman–Crippen LogP) is 1.58. The molecule has 1 unspecified atom stereocenters. The van der Waals surface area contributed by atoms with Crippen molar-refractivity contribution in [2.75, 3.05) is 6.26 Å². The van der Waals surface area contributed by atoms with Gasteiger partial charge < -0.3 is 0 Å². The van der Waals surface area contributed by atoms with E-state index < -0.39 is 27.7 Å². The zero-order chi connectivity index (χ0) is 11.6. The molecule has 84 valence electrons. The second-order valence-electron chi connectivity index (χ2n) is 3.25. The largest absolute Gasteiger partial charge is 0.213 e. The minimum Gasteiger partial charge on any atom is -0.213 e. The third-order valence-electron chi connectivity index (χ3n) is 1.82. The fourth-order valence-corrected chi connectivity index (χ4v) is 2.06. The number of hydrogen-bond donors (Lipinski definition) is 1. The summed E-state index contributed by atoms with van der Waals surface area (Å²) in [5.74, 6) is -1.53. The standard InChI is InChI=1S/C9H11F2NO2S/c1-6(12-15(2,13)14)9-7(10)4-3-5-8(9)11/h3-6,12H,1-2H3. The second-order valence-corrected chi connectivity index (χ2v) is 5.03. The molecule has 0 bridgehead atoms. The van der Waals surface area contributed by atoms with Gasteiger partial charge in [-0.05, 0) is 19.1 Å². The Morgan fingerprint density at radius 2 is 1.73 bits per heavy atom. The van der Waals surface area contributed by atoms with E-state index in [1.165, 1.54) is 13.0 Å². The minimum absolute atomic E-state index is 0.275. The molecule has 1 atom stereocenters. The van der Waals surface area contributed by atoms with Crippen molar-refractivity contribution in [3.8, 4) is 0 Å². The Balaban J connectivity index is 3.06. The maximum absolute atomic E-state index is 13.2. The number of sulfonamides is 1. The van der Waals surface area contributed by atoms with Crippen molar-refractivity contribution in [3.05, 3.63) is 35.4 Å². The lowest BCUT2D eigenvalue weighted by molar-refractivity contribution is 0.516. The van der Waals surface area contributed by atoms with Crippen molar-refractivity contribution in [1.29, 1.82) is 0 Å². The SMILES string of the molecule is CC(NS(C)(=O)=O)c1c(F)cccc1F. The fourth-order valence-electron chi connectivity index (χ4n) is 1.30. The van der Waals surface area contributed by atoms with E-state index in [9.17, 15) is 17.2 Å². The molecule has 15 heavy (non-hydrogen) atoms. The second kappa shape index (κ2) is 4.24. The van der Waals surface area contributed by atoms with Gasteiger partial charge in [0.2, 0.25) is 10.0 Å². The minimum atomic E-state index is -3.49. The monoisotopic (exact) mass is 235 g/mol. The van der Waals surface area contributed by atoms with Crippen molar-refractivity contribution in [2.45, 2.75) is 13.0 Å². The van der Waals surface area contributed by atoms with E-state index in [4.69, 9.17) is 0 Å². The van der Waals surface area contributed by atoms with Gasteiger partial charge >= 0.3 is 0 Å². The highest BCUT2D eigenvalue weighted by atomic mass is 32.2. The van der Waals surface area contributed by atoms with E-state index in [1.54, 1.807) is 0 Å². The highest BCUT2D eigenvalue weighted by Gasteiger charge is 2.18. The van der Waals surface area contributed by atoms with Gasteiger partial charge in [-0.25, -0.2) is 21.9 Å². The molecule has 1 N–H and O–H groups in total. The smallest absolute Gasteiger partial charge is 0.209 e. The van der Waals surface area contributed by atoms with Gasteiger partial charge in [0.05, 0.1) is 6.26 Å². The van der Waals surface area contributed by atoms with Crippen molar-refractivity contribution in [2.24, 2.45) is 0 Å². The van der Waals surface area contributed by atoms with Crippen LogP contribution < -0.4 is 4.72 Å². The topological polar surface area (TPSA) is 46.2 Å². The van der Waals surface area contributed by atoms with Crippen LogP contribution in [-0.2, 0) is 10.0 Å². The Morgan fingerprint density at radius 3 is 2.13 bits per heavy atom. The van der Waals surface area contributed by atoms with Crippen LogP contribution in [0.3, 0.4) is 0 Å². The summed E-state index contributed by atoms with van der Waals surface area (Å²) in [5, 5.41) is 0. The summed E-state index contributed by atoms with van der Waals surface area (Å²) < 4.78 is 50.3. The van der Waals surface area contributed by atoms with E-state index in [0.717, 1.165) is 18.4 Å². The summed E-state index contributed by atoms with van der Waals surface area (Å²) in [7, 11) is -3.49. The molecular weight excluding hydrogens is 224 g/mol. The molecule has 0 aliphatic heterocycles. The molecule has 0 amide bonds. The van der Waals surface area contributed by atoms with Crippen LogP contribution in [0.2, 0.25) is 0 Å². The zero-order valence-electron chi connectivity index (χ0n) is 8.29. The number of rotatable bonds is 3. The summed E-state index contributed by atoms with van der Waals surface area (Å²) in [6.45, 7) is 1.38. The maximum Gasteiger partial charge on any atom is 0.209 e. The molecule has 0 aliphatic rings. The summed E-state index contributed by atoms with van der Waals surface area (Å²) >= 11 is 0. The quantitative estimate of drug-likeness (QED) is 0.864. The van der Waals surface area contributed by atoms with Crippen molar-refractivity contribution < 1.29 is 17.2 Å². The Kier molecular flexibility index (Phi) is 3.41. The molecule has 0 aliphatic carbocycles. The molecule has 1 aromatic rings. The Hall–Kier alpha value is -1.01. The van der Waals surface area contributed by atoms with Gasteiger partial charge in [-0.2, -0.15) is 0 Å². The van der Waals surface area contributed by atoms with Crippen LogP contribution in [0.4, 0.5) is 8.78 Å². The molecule has 1 aromatic carbocycles. The van der Waals surface area contributed by atoms with Crippen molar-refractivity contribution in [1.82, 2.24) is 4.72 Å². The highest BCUT2D eigenvalue weighted by molar-refractivity contribution is 7.88. The molecule has 0 saturated heterocycles. The molecule has 0 fully saturated rings. The first kappa shape index (κ1) is 12.1. The maximum atomic E-state index is 13.2. The van der Waals surface area contributed by atoms with E-state index in [1.807, 2.05) is 0 Å². The van der Waals surface area contributed by atoms with Gasteiger partial charge in [0.1, 0.15) is 11.6 Å². The van der Waals surface area contributed by atoms with E-state index in [-0.39, 0.29) is 5.56 Å². The first-order chi connectivity index (χ1) is 6.81. The lowest BCUT2D eigenvalue weighted by Crippen LogP contribution is -2.26. The lowest BCUT2D eigenvalue weighted by atomic mass is 10.1. The number of benzene rings is 1. The van der Waals surface area contributed by atoms with Gasteiger partial charge in [-0.3, -0.25) is 0 Å². The number of hydrogen-bond acceptors (Lipinski definition) is 2. The Morgan fingerprint density at radius 1 is 1.27 bits per heavy atom. The summed E-state index contributed by atoms with van der Waals surface area (Å²) in [5.41, 5.74) is -0.275. The third-order valence-corrected chi connectivity index (χ3v) is 2.61. The first-order valence-corrected chi connectivity index (χ1v) is 6.11. The molecular formula is C9H11F2NO2S. The number of halogens is 2. The molecule has 0 aromatic heterocycles. The zero-order valence-corrected chi connectivity index (χ0v) is 9.11. The average molecular weight is 235 g/mol. The Bertz CT molecular complexity index is 439. The van der Waals surface area contributed by atoms with E-state index in [2.05, 4.69) is 4.72 Å². The summed E-state index contributed by atoms with van der Waals surface area (Å²) in [6, 6.07) is 2.46. The fraction of sp³-hybridized carbons (Fsp3) is 0.333. The van der Waals surface area contributed by atoms with Crippen LogP contribution in [0.15, 0.2) is 18.2 Å². The summed E-state index contributed by atoms with van der Waals surface area (Å²) in [4.78, 5) is 0. The van der Waals surface area contributed by atoms with Gasteiger partial charge in [-0.15, -0.1) is 0 Å². The van der Waals surface area contributed by atoms with Crippen LogP contribution in [0.1, 0.15) is 18.5 Å². The van der Waals surface area contributed by atoms with Crippen LogP contribution in [0.25, 0.3) is 0 Å². The van der Waals surface area contributed by atoms with Crippen LogP contribution in [-0.4, -0.2) is 14.7 Å². The molecule has 1 rings (SSSR count). The van der Waals surface area contributed by atoms with Crippen molar-refractivity contribution >= 4 is 10.0 Å². The molecule has 6 heteroatoms. The van der Waals surface area contributed by atoms with Crippen LogP contribution >= 0.6 is 0 Å². The van der Waals surface area contributed by atoms with Crippen LogP contribution in [0, 0.1) is 11.6 Å². The predicted molar refractivity (Wildman–Crippen MR) is 52.8 cm³/mol. The highest BCUT2D eigenvalue weighted by Crippen LogP contribution is 2.20. The molecule has 0 spiro atoms. The molecule has 0 heterocycles. The van der Waals surface area contributed by atoms with E-state index >= 15 is 0 Å². The van der Waals surface area contributed by atoms with E-state index in [0.29, 0.717) is 0 Å². The summed E-state index contributed by atoms with van der Waals surface area (Å²) in [6.07, 6.45) is 0.933.